The van der Waals surface area contributed by atoms with Crippen molar-refractivity contribution in [2.75, 3.05) is 0 Å². The molecule has 0 fully saturated rings. The zero-order chi connectivity index (χ0) is 9.80. The molecule has 2 heterocycles. The third-order valence-electron chi connectivity index (χ3n) is 1.95. The van der Waals surface area contributed by atoms with Crippen molar-refractivity contribution in [2.24, 2.45) is 0 Å². The highest BCUT2D eigenvalue weighted by Crippen LogP contribution is 2.18. The Hall–Kier alpha value is -1.22. The number of alkyl halides is 1. The van der Waals surface area contributed by atoms with E-state index in [-0.39, 0.29) is 0 Å². The third-order valence-corrected chi connectivity index (χ3v) is 2.52. The molecular formula is C11H9BrN2. The summed E-state index contributed by atoms with van der Waals surface area (Å²) in [5, 5.41) is 0.779. The fourth-order valence-electron chi connectivity index (χ4n) is 1.26. The number of nitrogens with zero attached hydrogens (tertiary/aromatic N) is 2. The molecule has 0 aromatic carbocycles. The molecule has 0 saturated heterocycles. The summed E-state index contributed by atoms with van der Waals surface area (Å²) in [6.45, 7) is 0. The van der Waals surface area contributed by atoms with Crippen LogP contribution in [0, 0.1) is 0 Å². The third kappa shape index (κ3) is 1.99. The predicted molar refractivity (Wildman–Crippen MR) is 60.1 cm³/mol. The Balaban J connectivity index is 2.42. The first-order valence-corrected chi connectivity index (χ1v) is 5.43. The molecule has 0 radical (unpaired) electrons. The van der Waals surface area contributed by atoms with E-state index in [1.807, 2.05) is 30.6 Å². The number of pyridine rings is 2. The molecule has 0 bridgehead atoms. The van der Waals surface area contributed by atoms with E-state index < -0.39 is 0 Å². The smallest absolute Gasteiger partial charge is 0.0515 e. The van der Waals surface area contributed by atoms with Gasteiger partial charge in [-0.15, -0.1) is 0 Å². The van der Waals surface area contributed by atoms with Gasteiger partial charge in [0.05, 0.1) is 5.69 Å². The zero-order valence-electron chi connectivity index (χ0n) is 7.52. The summed E-state index contributed by atoms with van der Waals surface area (Å²) >= 11 is 3.39. The molecule has 0 amide bonds. The Morgan fingerprint density at radius 3 is 2.79 bits per heavy atom. The number of halogens is 1. The summed E-state index contributed by atoms with van der Waals surface area (Å²) in [4.78, 5) is 8.30. The Morgan fingerprint density at radius 1 is 1.14 bits per heavy atom. The van der Waals surface area contributed by atoms with Crippen molar-refractivity contribution in [3.05, 3.63) is 48.5 Å². The lowest BCUT2D eigenvalue weighted by atomic mass is 10.1. The van der Waals surface area contributed by atoms with Crippen LogP contribution in [0.3, 0.4) is 0 Å². The van der Waals surface area contributed by atoms with E-state index in [9.17, 15) is 0 Å². The average Bonchev–Trinajstić information content (AvgIpc) is 2.30. The molecule has 0 saturated carbocycles. The summed E-state index contributed by atoms with van der Waals surface area (Å²) in [5.74, 6) is 0. The Labute approximate surface area is 91.2 Å². The van der Waals surface area contributed by atoms with Gasteiger partial charge in [-0.05, 0) is 23.8 Å². The summed E-state index contributed by atoms with van der Waals surface area (Å²) in [6, 6.07) is 8.03. The fraction of sp³-hybridized carbons (Fsp3) is 0.0909. The summed E-state index contributed by atoms with van der Waals surface area (Å²) < 4.78 is 0. The van der Waals surface area contributed by atoms with Crippen LogP contribution in [0.2, 0.25) is 0 Å². The van der Waals surface area contributed by atoms with Crippen LogP contribution in [0.1, 0.15) is 5.69 Å². The molecule has 0 unspecified atom stereocenters. The van der Waals surface area contributed by atoms with Crippen molar-refractivity contribution in [3.8, 4) is 11.1 Å². The van der Waals surface area contributed by atoms with Crippen LogP contribution in [0.4, 0.5) is 0 Å². The molecule has 0 aliphatic heterocycles. The minimum absolute atomic E-state index is 0.779. The highest BCUT2D eigenvalue weighted by atomic mass is 79.9. The molecule has 14 heavy (non-hydrogen) atoms. The van der Waals surface area contributed by atoms with Crippen LogP contribution in [-0.2, 0) is 5.33 Å². The van der Waals surface area contributed by atoms with Crippen LogP contribution in [0.25, 0.3) is 11.1 Å². The lowest BCUT2D eigenvalue weighted by molar-refractivity contribution is 1.18. The fourth-order valence-corrected chi connectivity index (χ4v) is 1.57. The first-order valence-electron chi connectivity index (χ1n) is 4.31. The SMILES string of the molecule is BrCc1cc(-c2cccnc2)ccn1. The quantitative estimate of drug-likeness (QED) is 0.764. The normalized spacial score (nSPS) is 10.1. The second-order valence-electron chi connectivity index (χ2n) is 2.91. The summed E-state index contributed by atoms with van der Waals surface area (Å²) in [5.41, 5.74) is 3.31. The Kier molecular flexibility index (Phi) is 2.89. The molecule has 0 aliphatic carbocycles. The molecular weight excluding hydrogens is 240 g/mol. The van der Waals surface area contributed by atoms with Crippen LogP contribution < -0.4 is 0 Å². The number of hydrogen-bond donors (Lipinski definition) is 0. The van der Waals surface area contributed by atoms with E-state index in [0.29, 0.717) is 0 Å². The molecule has 2 nitrogen and oxygen atoms in total. The van der Waals surface area contributed by atoms with Crippen LogP contribution in [0.15, 0.2) is 42.9 Å². The minimum atomic E-state index is 0.779. The van der Waals surface area contributed by atoms with Crippen molar-refractivity contribution in [1.82, 2.24) is 9.97 Å². The van der Waals surface area contributed by atoms with E-state index in [0.717, 1.165) is 22.2 Å². The maximum absolute atomic E-state index is 4.22. The van der Waals surface area contributed by atoms with Crippen LogP contribution in [-0.4, -0.2) is 9.97 Å². The largest absolute Gasteiger partial charge is 0.264 e. The van der Waals surface area contributed by atoms with Gasteiger partial charge < -0.3 is 0 Å². The molecule has 2 rings (SSSR count). The van der Waals surface area contributed by atoms with Gasteiger partial charge in [-0.25, -0.2) is 0 Å². The molecule has 2 aromatic rings. The van der Waals surface area contributed by atoms with Gasteiger partial charge in [-0.2, -0.15) is 0 Å². The monoisotopic (exact) mass is 248 g/mol. The lowest BCUT2D eigenvalue weighted by Gasteiger charge is -2.01. The van der Waals surface area contributed by atoms with E-state index in [1.54, 1.807) is 6.20 Å². The highest BCUT2D eigenvalue weighted by Gasteiger charge is 1.98. The second-order valence-corrected chi connectivity index (χ2v) is 3.47. The standard InChI is InChI=1S/C11H9BrN2/c12-7-11-6-9(3-5-14-11)10-2-1-4-13-8-10/h1-6,8H,7H2. The molecule has 70 valence electrons. The second kappa shape index (κ2) is 4.33. The molecule has 0 spiro atoms. The number of aromatic nitrogens is 2. The van der Waals surface area contributed by atoms with Crippen molar-refractivity contribution < 1.29 is 0 Å². The predicted octanol–water partition coefficient (Wildman–Crippen LogP) is 3.04. The Bertz CT molecular complexity index is 415. The van der Waals surface area contributed by atoms with E-state index in [2.05, 4.69) is 32.0 Å². The van der Waals surface area contributed by atoms with E-state index in [1.165, 1.54) is 0 Å². The topological polar surface area (TPSA) is 25.8 Å². The molecule has 3 heteroatoms. The first-order chi connectivity index (χ1) is 6.90. The van der Waals surface area contributed by atoms with Gasteiger partial charge in [0.25, 0.3) is 0 Å². The van der Waals surface area contributed by atoms with Gasteiger partial charge in [-0.1, -0.05) is 22.0 Å². The van der Waals surface area contributed by atoms with Gasteiger partial charge in [0.15, 0.2) is 0 Å². The number of rotatable bonds is 2. The van der Waals surface area contributed by atoms with Crippen LogP contribution in [0.5, 0.6) is 0 Å². The van der Waals surface area contributed by atoms with Gasteiger partial charge in [-0.3, -0.25) is 9.97 Å². The molecule has 0 aliphatic rings. The van der Waals surface area contributed by atoms with E-state index >= 15 is 0 Å². The maximum Gasteiger partial charge on any atom is 0.0515 e. The van der Waals surface area contributed by atoms with Gasteiger partial charge in [0.2, 0.25) is 0 Å². The van der Waals surface area contributed by atoms with Crippen molar-refractivity contribution in [2.45, 2.75) is 5.33 Å². The first kappa shape index (κ1) is 9.34. The van der Waals surface area contributed by atoms with Crippen molar-refractivity contribution >= 4 is 15.9 Å². The average molecular weight is 249 g/mol. The zero-order valence-corrected chi connectivity index (χ0v) is 9.11. The van der Waals surface area contributed by atoms with Gasteiger partial charge in [0, 0.05) is 29.5 Å². The van der Waals surface area contributed by atoms with Crippen LogP contribution >= 0.6 is 15.9 Å². The minimum Gasteiger partial charge on any atom is -0.264 e. The van der Waals surface area contributed by atoms with Crippen molar-refractivity contribution in [1.29, 1.82) is 0 Å². The molecule has 0 atom stereocenters. The lowest BCUT2D eigenvalue weighted by Crippen LogP contribution is -1.86. The summed E-state index contributed by atoms with van der Waals surface area (Å²) in [6.07, 6.45) is 5.45. The molecule has 2 aromatic heterocycles. The maximum atomic E-state index is 4.22. The van der Waals surface area contributed by atoms with Gasteiger partial charge >= 0.3 is 0 Å². The summed E-state index contributed by atoms with van der Waals surface area (Å²) in [7, 11) is 0. The Morgan fingerprint density at radius 2 is 2.07 bits per heavy atom. The number of hydrogen-bond acceptors (Lipinski definition) is 2. The highest BCUT2D eigenvalue weighted by molar-refractivity contribution is 9.08. The van der Waals surface area contributed by atoms with E-state index in [4.69, 9.17) is 0 Å². The van der Waals surface area contributed by atoms with Crippen molar-refractivity contribution in [3.63, 3.8) is 0 Å². The molecule has 0 N–H and O–H groups in total. The van der Waals surface area contributed by atoms with Gasteiger partial charge in [0.1, 0.15) is 0 Å².